The first-order chi connectivity index (χ1) is 12.4. The third-order valence-electron chi connectivity index (χ3n) is 4.34. The summed E-state index contributed by atoms with van der Waals surface area (Å²) < 4.78 is 25.2. The summed E-state index contributed by atoms with van der Waals surface area (Å²) in [5, 5.41) is 10.7. The van der Waals surface area contributed by atoms with Crippen LogP contribution in [0.4, 0.5) is 0 Å². The Morgan fingerprint density at radius 1 is 0.846 bits per heavy atom. The van der Waals surface area contributed by atoms with Crippen molar-refractivity contribution in [3.63, 3.8) is 0 Å². The van der Waals surface area contributed by atoms with Crippen LogP contribution in [0, 0.1) is 0 Å². The van der Waals surface area contributed by atoms with Gasteiger partial charge >= 0.3 is 5.97 Å². The molecule has 3 rings (SSSR count). The fourth-order valence-corrected chi connectivity index (χ4v) is 4.29. The Balaban J connectivity index is 1.63. The molecule has 0 heterocycles. The van der Waals surface area contributed by atoms with Crippen LogP contribution in [0.15, 0.2) is 71.6 Å². The van der Waals surface area contributed by atoms with Crippen molar-refractivity contribution in [1.82, 2.24) is 0 Å². The summed E-state index contributed by atoms with van der Waals surface area (Å²) in [4.78, 5) is 11.0. The van der Waals surface area contributed by atoms with Gasteiger partial charge in [0.15, 0.2) is 9.84 Å². The van der Waals surface area contributed by atoms with E-state index in [-0.39, 0.29) is 12.2 Å². The van der Waals surface area contributed by atoms with Crippen LogP contribution < -0.4 is 0 Å². The Labute approximate surface area is 153 Å². The highest BCUT2D eigenvalue weighted by Gasteiger charge is 2.14. The summed E-state index contributed by atoms with van der Waals surface area (Å²) in [6.07, 6.45) is 1.16. The molecule has 4 nitrogen and oxygen atoms in total. The summed E-state index contributed by atoms with van der Waals surface area (Å²) in [5.74, 6) is -0.776. The lowest BCUT2D eigenvalue weighted by Gasteiger charge is -2.07. The van der Waals surface area contributed by atoms with Crippen molar-refractivity contribution in [3.8, 4) is 0 Å². The molecule has 1 N–H and O–H groups in total. The number of aliphatic carboxylic acids is 1. The van der Waals surface area contributed by atoms with Gasteiger partial charge in [-0.25, -0.2) is 8.42 Å². The fraction of sp³-hybridized carbons (Fsp3) is 0.190. The number of benzene rings is 3. The maximum atomic E-state index is 12.6. The normalized spacial score (nSPS) is 11.5. The molecule has 0 saturated carbocycles. The summed E-state index contributed by atoms with van der Waals surface area (Å²) in [5.41, 5.74) is 1.75. The topological polar surface area (TPSA) is 71.4 Å². The summed E-state index contributed by atoms with van der Waals surface area (Å²) in [7, 11) is -3.32. The number of fused-ring (bicyclic) bond motifs is 1. The van der Waals surface area contributed by atoms with Crippen molar-refractivity contribution in [3.05, 3.63) is 77.9 Å². The average Bonchev–Trinajstić information content (AvgIpc) is 2.62. The summed E-state index contributed by atoms with van der Waals surface area (Å²) in [6, 6.07) is 20.2. The summed E-state index contributed by atoms with van der Waals surface area (Å²) in [6.45, 7) is 0. The van der Waals surface area contributed by atoms with Crippen LogP contribution in [-0.2, 0) is 27.5 Å². The van der Waals surface area contributed by atoms with E-state index in [0.717, 1.165) is 21.9 Å². The molecule has 0 aliphatic heterocycles. The Kier molecular flexibility index (Phi) is 5.38. The zero-order valence-corrected chi connectivity index (χ0v) is 15.1. The molecule has 0 atom stereocenters. The van der Waals surface area contributed by atoms with Crippen LogP contribution in [-0.4, -0.2) is 25.2 Å². The number of aryl methyl sites for hydroxylation is 1. The first-order valence-electron chi connectivity index (χ1n) is 8.45. The molecule has 0 bridgehead atoms. The number of hydrogen-bond donors (Lipinski definition) is 1. The van der Waals surface area contributed by atoms with Crippen molar-refractivity contribution < 1.29 is 18.3 Å². The molecule has 3 aromatic rings. The van der Waals surface area contributed by atoms with E-state index in [1.807, 2.05) is 42.5 Å². The molecule has 0 aromatic heterocycles. The standard InChI is InChI=1S/C21H20O4S/c22-21(23)14-17-9-7-16(8-10-17)4-3-13-26(24,25)20-12-11-18-5-1-2-6-19(18)15-20/h1-2,5-12,15H,3-4,13-14H2,(H,22,23). The Morgan fingerprint density at radius 3 is 2.19 bits per heavy atom. The molecule has 26 heavy (non-hydrogen) atoms. The second-order valence-corrected chi connectivity index (χ2v) is 8.43. The number of carbonyl (C=O) groups is 1. The number of sulfone groups is 1. The highest BCUT2D eigenvalue weighted by molar-refractivity contribution is 7.91. The first kappa shape index (κ1) is 18.1. The molecule has 0 fully saturated rings. The van der Waals surface area contributed by atoms with Gasteiger partial charge in [-0.2, -0.15) is 0 Å². The molecule has 0 aliphatic carbocycles. The molecule has 0 unspecified atom stereocenters. The predicted octanol–water partition coefficient (Wildman–Crippen LogP) is 3.87. The van der Waals surface area contributed by atoms with Gasteiger partial charge in [-0.05, 0) is 46.9 Å². The zero-order valence-electron chi connectivity index (χ0n) is 14.3. The van der Waals surface area contributed by atoms with Crippen LogP contribution in [0.3, 0.4) is 0 Å². The third-order valence-corrected chi connectivity index (χ3v) is 6.14. The van der Waals surface area contributed by atoms with Gasteiger partial charge in [0.2, 0.25) is 0 Å². The highest BCUT2D eigenvalue weighted by Crippen LogP contribution is 2.20. The largest absolute Gasteiger partial charge is 0.481 e. The minimum Gasteiger partial charge on any atom is -0.481 e. The second kappa shape index (κ2) is 7.70. The van der Waals surface area contributed by atoms with Crippen molar-refractivity contribution >= 4 is 26.6 Å². The Morgan fingerprint density at radius 2 is 1.50 bits per heavy atom. The number of rotatable bonds is 7. The smallest absolute Gasteiger partial charge is 0.307 e. The van der Waals surface area contributed by atoms with Gasteiger partial charge in [-0.3, -0.25) is 4.79 Å². The SMILES string of the molecule is O=C(O)Cc1ccc(CCCS(=O)(=O)c2ccc3ccccc3c2)cc1. The van der Waals surface area contributed by atoms with Gasteiger partial charge in [0.05, 0.1) is 17.1 Å². The molecule has 0 spiro atoms. The molecule has 0 amide bonds. The summed E-state index contributed by atoms with van der Waals surface area (Å²) >= 11 is 0. The number of hydrogen-bond acceptors (Lipinski definition) is 3. The maximum absolute atomic E-state index is 12.6. The van der Waals surface area contributed by atoms with Gasteiger partial charge in [0, 0.05) is 0 Å². The van der Waals surface area contributed by atoms with E-state index in [1.165, 1.54) is 0 Å². The van der Waals surface area contributed by atoms with Crippen molar-refractivity contribution in [1.29, 1.82) is 0 Å². The van der Waals surface area contributed by atoms with E-state index in [9.17, 15) is 13.2 Å². The van der Waals surface area contributed by atoms with E-state index < -0.39 is 15.8 Å². The van der Waals surface area contributed by atoms with Crippen LogP contribution in [0.2, 0.25) is 0 Å². The lowest BCUT2D eigenvalue weighted by molar-refractivity contribution is -0.136. The monoisotopic (exact) mass is 368 g/mol. The Hall–Kier alpha value is -2.66. The molecule has 3 aromatic carbocycles. The zero-order chi connectivity index (χ0) is 18.6. The van der Waals surface area contributed by atoms with Crippen LogP contribution >= 0.6 is 0 Å². The van der Waals surface area contributed by atoms with Crippen molar-refractivity contribution in [2.24, 2.45) is 0 Å². The molecule has 134 valence electrons. The minimum atomic E-state index is -3.32. The lowest BCUT2D eigenvalue weighted by atomic mass is 10.1. The van der Waals surface area contributed by atoms with E-state index in [0.29, 0.717) is 17.7 Å². The molecule has 0 radical (unpaired) electrons. The number of carboxylic acids is 1. The van der Waals surface area contributed by atoms with Gasteiger partial charge in [-0.15, -0.1) is 0 Å². The van der Waals surface area contributed by atoms with Crippen molar-refractivity contribution in [2.75, 3.05) is 5.75 Å². The molecular formula is C21H20O4S. The van der Waals surface area contributed by atoms with Crippen LogP contribution in [0.25, 0.3) is 10.8 Å². The van der Waals surface area contributed by atoms with Crippen LogP contribution in [0.1, 0.15) is 17.5 Å². The van der Waals surface area contributed by atoms with E-state index in [2.05, 4.69) is 0 Å². The Bertz CT molecular complexity index is 1020. The van der Waals surface area contributed by atoms with Gasteiger partial charge in [-0.1, -0.05) is 54.6 Å². The third kappa shape index (κ3) is 4.49. The average molecular weight is 368 g/mol. The van der Waals surface area contributed by atoms with E-state index in [1.54, 1.807) is 24.3 Å². The highest BCUT2D eigenvalue weighted by atomic mass is 32.2. The fourth-order valence-electron chi connectivity index (χ4n) is 2.94. The minimum absolute atomic E-state index is 0.00335. The van der Waals surface area contributed by atoms with E-state index >= 15 is 0 Å². The predicted molar refractivity (Wildman–Crippen MR) is 102 cm³/mol. The molecular weight excluding hydrogens is 348 g/mol. The molecule has 0 aliphatic rings. The van der Waals surface area contributed by atoms with Crippen LogP contribution in [0.5, 0.6) is 0 Å². The molecule has 0 saturated heterocycles. The van der Waals surface area contributed by atoms with Crippen molar-refractivity contribution in [2.45, 2.75) is 24.2 Å². The van der Waals surface area contributed by atoms with Gasteiger partial charge in [0.25, 0.3) is 0 Å². The first-order valence-corrected chi connectivity index (χ1v) is 10.1. The maximum Gasteiger partial charge on any atom is 0.307 e. The quantitative estimate of drug-likeness (QED) is 0.687. The van der Waals surface area contributed by atoms with E-state index in [4.69, 9.17) is 5.11 Å². The number of carboxylic acid groups (broad SMARTS) is 1. The molecule has 5 heteroatoms. The second-order valence-electron chi connectivity index (χ2n) is 6.32. The van der Waals surface area contributed by atoms with Gasteiger partial charge < -0.3 is 5.11 Å². The lowest BCUT2D eigenvalue weighted by Crippen LogP contribution is -2.08. The van der Waals surface area contributed by atoms with Gasteiger partial charge in [0.1, 0.15) is 0 Å².